The predicted octanol–water partition coefficient (Wildman–Crippen LogP) is 5.67. The first-order chi connectivity index (χ1) is 15.1. The molecule has 0 spiro atoms. The lowest BCUT2D eigenvalue weighted by Crippen LogP contribution is -2.21. The number of aromatic nitrogens is 1. The third-order valence-electron chi connectivity index (χ3n) is 4.33. The van der Waals surface area contributed by atoms with Crippen molar-refractivity contribution in [2.75, 3.05) is 19.8 Å². The molecule has 0 saturated heterocycles. The van der Waals surface area contributed by atoms with Crippen LogP contribution in [0.3, 0.4) is 0 Å². The molecule has 2 aromatic carbocycles. The van der Waals surface area contributed by atoms with Gasteiger partial charge in [-0.05, 0) is 36.8 Å². The summed E-state index contributed by atoms with van der Waals surface area (Å²) in [7, 11) is 0. The highest BCUT2D eigenvalue weighted by atomic mass is 35.5. The molecule has 1 aromatic heterocycles. The summed E-state index contributed by atoms with van der Waals surface area (Å²) in [5, 5.41) is 4.09. The second-order valence-electron chi connectivity index (χ2n) is 6.51. The molecule has 164 valence electrons. The Labute approximate surface area is 191 Å². The Morgan fingerprint density at radius 1 is 0.968 bits per heavy atom. The van der Waals surface area contributed by atoms with E-state index in [1.165, 1.54) is 6.07 Å². The summed E-state index contributed by atoms with van der Waals surface area (Å²) in [5.41, 5.74) is 1.13. The smallest absolute Gasteiger partial charge is 0.213 e. The summed E-state index contributed by atoms with van der Waals surface area (Å²) in [4.78, 5) is 4.11. The average Bonchev–Trinajstić information content (AvgIpc) is 2.76. The van der Waals surface area contributed by atoms with Gasteiger partial charge in [-0.3, -0.25) is 0 Å². The molecular weight excluding hydrogens is 442 g/mol. The van der Waals surface area contributed by atoms with Crippen molar-refractivity contribution in [1.82, 2.24) is 10.3 Å². The Balaban J connectivity index is 1.60. The van der Waals surface area contributed by atoms with Crippen molar-refractivity contribution in [3.8, 4) is 17.4 Å². The number of pyridine rings is 1. The van der Waals surface area contributed by atoms with Gasteiger partial charge in [0.05, 0.1) is 11.6 Å². The highest BCUT2D eigenvalue weighted by molar-refractivity contribution is 6.31. The van der Waals surface area contributed by atoms with Crippen molar-refractivity contribution < 1.29 is 18.6 Å². The summed E-state index contributed by atoms with van der Waals surface area (Å²) >= 11 is 12.5. The minimum absolute atomic E-state index is 0.0373. The van der Waals surface area contributed by atoms with Gasteiger partial charge in [-0.2, -0.15) is 0 Å². The molecule has 8 heteroatoms. The lowest BCUT2D eigenvalue weighted by atomic mass is 10.2. The number of nitrogens with zero attached hydrogens (tertiary/aromatic N) is 1. The number of ether oxygens (including phenoxy) is 3. The zero-order valence-corrected chi connectivity index (χ0v) is 18.5. The van der Waals surface area contributed by atoms with Crippen LogP contribution in [0, 0.1) is 5.82 Å². The topological polar surface area (TPSA) is 52.6 Å². The highest BCUT2D eigenvalue weighted by Crippen LogP contribution is 2.35. The van der Waals surface area contributed by atoms with E-state index in [4.69, 9.17) is 37.4 Å². The Hall–Kier alpha value is -2.54. The van der Waals surface area contributed by atoms with Crippen LogP contribution in [0.25, 0.3) is 0 Å². The molecule has 3 aromatic rings. The van der Waals surface area contributed by atoms with E-state index in [1.807, 2.05) is 25.1 Å². The molecule has 31 heavy (non-hydrogen) atoms. The summed E-state index contributed by atoms with van der Waals surface area (Å²) in [6.45, 7) is 3.88. The molecule has 0 radical (unpaired) electrons. The van der Waals surface area contributed by atoms with E-state index in [1.54, 1.807) is 30.5 Å². The minimum atomic E-state index is -0.426. The molecule has 0 unspecified atom stereocenters. The van der Waals surface area contributed by atoms with Gasteiger partial charge in [0, 0.05) is 42.0 Å². The normalized spacial score (nSPS) is 10.7. The summed E-state index contributed by atoms with van der Waals surface area (Å²) in [6, 6.07) is 13.5. The monoisotopic (exact) mass is 464 g/mol. The number of rotatable bonds is 11. The number of benzene rings is 2. The number of halogens is 3. The average molecular weight is 465 g/mol. The van der Waals surface area contributed by atoms with Crippen LogP contribution in [0.2, 0.25) is 10.0 Å². The van der Waals surface area contributed by atoms with Gasteiger partial charge in [-0.1, -0.05) is 35.3 Å². The third kappa shape index (κ3) is 6.72. The first kappa shape index (κ1) is 23.1. The van der Waals surface area contributed by atoms with Crippen molar-refractivity contribution in [1.29, 1.82) is 0 Å². The SMILES string of the molecule is CCOc1cc(CNCCOc2ccccn2)c(Cl)cc1OCc1c(F)cccc1Cl. The van der Waals surface area contributed by atoms with Crippen LogP contribution in [0.4, 0.5) is 4.39 Å². The van der Waals surface area contributed by atoms with E-state index < -0.39 is 5.82 Å². The largest absolute Gasteiger partial charge is 0.490 e. The fourth-order valence-electron chi connectivity index (χ4n) is 2.80. The standard InChI is InChI=1S/C23H23Cl2FN2O3/c1-2-29-21-12-16(14-27-10-11-30-23-8-3-4-9-28-23)19(25)13-22(21)31-15-17-18(24)6-5-7-20(17)26/h3-9,12-13,27H,2,10-11,14-15H2,1H3. The van der Waals surface area contributed by atoms with Crippen molar-refractivity contribution in [2.24, 2.45) is 0 Å². The van der Waals surface area contributed by atoms with Gasteiger partial charge in [-0.25, -0.2) is 9.37 Å². The number of hydrogen-bond acceptors (Lipinski definition) is 5. The molecule has 0 aliphatic heterocycles. The van der Waals surface area contributed by atoms with Crippen LogP contribution in [0.1, 0.15) is 18.1 Å². The van der Waals surface area contributed by atoms with Crippen LogP contribution in [-0.4, -0.2) is 24.7 Å². The number of nitrogens with one attached hydrogen (secondary N) is 1. The first-order valence-electron chi connectivity index (χ1n) is 9.84. The van der Waals surface area contributed by atoms with Gasteiger partial charge in [0.15, 0.2) is 11.5 Å². The second kappa shape index (κ2) is 11.7. The second-order valence-corrected chi connectivity index (χ2v) is 7.32. The summed E-state index contributed by atoms with van der Waals surface area (Å²) < 4.78 is 31.0. The molecule has 1 N–H and O–H groups in total. The zero-order valence-electron chi connectivity index (χ0n) is 17.0. The van der Waals surface area contributed by atoms with Crippen molar-refractivity contribution in [3.63, 3.8) is 0 Å². The fourth-order valence-corrected chi connectivity index (χ4v) is 3.24. The van der Waals surface area contributed by atoms with Gasteiger partial charge >= 0.3 is 0 Å². The van der Waals surface area contributed by atoms with Crippen molar-refractivity contribution in [2.45, 2.75) is 20.1 Å². The molecule has 0 amide bonds. The molecular formula is C23H23Cl2FN2O3. The van der Waals surface area contributed by atoms with Gasteiger partial charge in [0.25, 0.3) is 0 Å². The van der Waals surface area contributed by atoms with Crippen molar-refractivity contribution >= 4 is 23.2 Å². The van der Waals surface area contributed by atoms with Crippen LogP contribution < -0.4 is 19.5 Å². The Morgan fingerprint density at radius 2 is 1.81 bits per heavy atom. The van der Waals surface area contributed by atoms with E-state index in [2.05, 4.69) is 10.3 Å². The van der Waals surface area contributed by atoms with Crippen LogP contribution in [0.5, 0.6) is 17.4 Å². The summed E-state index contributed by atoms with van der Waals surface area (Å²) in [6.07, 6.45) is 1.68. The van der Waals surface area contributed by atoms with Gasteiger partial charge < -0.3 is 19.5 Å². The molecule has 0 bridgehead atoms. The first-order valence-corrected chi connectivity index (χ1v) is 10.6. The fraction of sp³-hybridized carbons (Fsp3) is 0.261. The van der Waals surface area contributed by atoms with Gasteiger partial charge in [0.1, 0.15) is 19.0 Å². The molecule has 0 aliphatic carbocycles. The van der Waals surface area contributed by atoms with Crippen LogP contribution >= 0.6 is 23.2 Å². The maximum Gasteiger partial charge on any atom is 0.213 e. The maximum atomic E-state index is 14.0. The lowest BCUT2D eigenvalue weighted by Gasteiger charge is -2.16. The number of hydrogen-bond donors (Lipinski definition) is 1. The van der Waals surface area contributed by atoms with Gasteiger partial charge in [-0.15, -0.1) is 0 Å². The Morgan fingerprint density at radius 3 is 2.55 bits per heavy atom. The van der Waals surface area contributed by atoms with E-state index in [0.717, 1.165) is 5.56 Å². The van der Waals surface area contributed by atoms with Crippen molar-refractivity contribution in [3.05, 3.63) is 81.7 Å². The Kier molecular flexibility index (Phi) is 8.76. The maximum absolute atomic E-state index is 14.0. The molecule has 1 heterocycles. The molecule has 3 rings (SSSR count). The molecule has 5 nitrogen and oxygen atoms in total. The van der Waals surface area contributed by atoms with Crippen LogP contribution in [-0.2, 0) is 13.2 Å². The van der Waals surface area contributed by atoms with E-state index in [9.17, 15) is 4.39 Å². The van der Waals surface area contributed by atoms with Gasteiger partial charge in [0.2, 0.25) is 5.88 Å². The Bertz CT molecular complexity index is 970. The summed E-state index contributed by atoms with van der Waals surface area (Å²) in [5.74, 6) is 1.11. The van der Waals surface area contributed by atoms with E-state index >= 15 is 0 Å². The molecule has 0 aliphatic rings. The minimum Gasteiger partial charge on any atom is -0.490 e. The zero-order chi connectivity index (χ0) is 22.1. The quantitative estimate of drug-likeness (QED) is 0.370. The third-order valence-corrected chi connectivity index (χ3v) is 5.03. The highest BCUT2D eigenvalue weighted by Gasteiger charge is 2.14. The van der Waals surface area contributed by atoms with E-state index in [-0.39, 0.29) is 12.2 Å². The molecule has 0 atom stereocenters. The van der Waals surface area contributed by atoms with Crippen LogP contribution in [0.15, 0.2) is 54.7 Å². The lowest BCUT2D eigenvalue weighted by molar-refractivity contribution is 0.265. The van der Waals surface area contributed by atoms with E-state index in [0.29, 0.717) is 53.7 Å². The molecule has 0 saturated carbocycles. The predicted molar refractivity (Wildman–Crippen MR) is 120 cm³/mol. The molecule has 0 fully saturated rings.